The molecule has 0 fully saturated rings. The lowest BCUT2D eigenvalue weighted by molar-refractivity contribution is 0.0698. The average molecular weight is 415 g/mol. The Morgan fingerprint density at radius 1 is 1.03 bits per heavy atom. The molecule has 154 valence electrons. The zero-order chi connectivity index (χ0) is 21.7. The highest BCUT2D eigenvalue weighted by atomic mass is 19.1. The predicted octanol–water partition coefficient (Wildman–Crippen LogP) is 6.59. The minimum Gasteiger partial charge on any atom is -0.478 e. The van der Waals surface area contributed by atoms with Crippen molar-refractivity contribution in [3.63, 3.8) is 0 Å². The van der Waals surface area contributed by atoms with E-state index in [1.807, 2.05) is 18.2 Å². The molecule has 0 saturated carbocycles. The number of carboxylic acids is 1. The van der Waals surface area contributed by atoms with Crippen molar-refractivity contribution < 1.29 is 18.7 Å². The molecule has 5 rings (SSSR count). The molecule has 0 saturated heterocycles. The molecule has 1 aliphatic carbocycles. The highest BCUT2D eigenvalue weighted by Gasteiger charge is 2.27. The average Bonchev–Trinajstić information content (AvgIpc) is 2.89. The minimum atomic E-state index is -1.09. The van der Waals surface area contributed by atoms with Crippen LogP contribution in [0.15, 0.2) is 60.7 Å². The molecule has 1 heterocycles. The van der Waals surface area contributed by atoms with Crippen LogP contribution in [-0.2, 0) is 6.42 Å². The van der Waals surface area contributed by atoms with Crippen LogP contribution >= 0.6 is 0 Å². The van der Waals surface area contributed by atoms with Gasteiger partial charge in [-0.05, 0) is 59.7 Å². The molecule has 0 aliphatic heterocycles. The maximum atomic E-state index is 14.4. The number of benzene rings is 3. The molecule has 31 heavy (non-hydrogen) atoms. The van der Waals surface area contributed by atoms with Crippen molar-refractivity contribution in [1.29, 1.82) is 0 Å². The van der Waals surface area contributed by atoms with Gasteiger partial charge in [-0.2, -0.15) is 0 Å². The number of nitrogens with zero attached hydrogens (tertiary/aromatic N) is 1. The van der Waals surface area contributed by atoms with Crippen LogP contribution < -0.4 is 0 Å². The number of fused-ring (bicyclic) bond motifs is 4. The van der Waals surface area contributed by atoms with E-state index in [0.717, 1.165) is 16.7 Å². The van der Waals surface area contributed by atoms with E-state index in [1.54, 1.807) is 18.2 Å². The molecule has 1 unspecified atom stereocenters. The highest BCUT2D eigenvalue weighted by Crippen LogP contribution is 2.42. The van der Waals surface area contributed by atoms with Crippen molar-refractivity contribution in [3.05, 3.63) is 89.0 Å². The SMILES string of the molecule is CC1CCc2c(nc3ccc(F)cc3c2C(=O)O)-c2ccc(-c3ccccc3F)cc21. The number of hydrogen-bond acceptors (Lipinski definition) is 2. The number of aromatic carboxylic acids is 1. The molecular weight excluding hydrogens is 396 g/mol. The van der Waals surface area contributed by atoms with E-state index in [0.29, 0.717) is 40.6 Å². The summed E-state index contributed by atoms with van der Waals surface area (Å²) in [6, 6.07) is 16.4. The van der Waals surface area contributed by atoms with Crippen molar-refractivity contribution in [2.75, 3.05) is 0 Å². The van der Waals surface area contributed by atoms with E-state index in [1.165, 1.54) is 24.3 Å². The van der Waals surface area contributed by atoms with Crippen LogP contribution in [0, 0.1) is 11.6 Å². The summed E-state index contributed by atoms with van der Waals surface area (Å²) >= 11 is 0. The fraction of sp³-hybridized carbons (Fsp3) is 0.154. The van der Waals surface area contributed by atoms with Gasteiger partial charge in [-0.15, -0.1) is 0 Å². The van der Waals surface area contributed by atoms with Gasteiger partial charge in [-0.1, -0.05) is 43.3 Å². The van der Waals surface area contributed by atoms with E-state index in [-0.39, 0.29) is 17.3 Å². The fourth-order valence-electron chi connectivity index (χ4n) is 4.55. The first kappa shape index (κ1) is 19.4. The molecule has 0 bridgehead atoms. The first-order chi connectivity index (χ1) is 14.9. The Morgan fingerprint density at radius 2 is 1.84 bits per heavy atom. The first-order valence-corrected chi connectivity index (χ1v) is 10.2. The van der Waals surface area contributed by atoms with Gasteiger partial charge in [-0.25, -0.2) is 18.6 Å². The van der Waals surface area contributed by atoms with Gasteiger partial charge >= 0.3 is 5.97 Å². The molecule has 0 amide bonds. The van der Waals surface area contributed by atoms with Crippen LogP contribution in [0.4, 0.5) is 8.78 Å². The third kappa shape index (κ3) is 3.17. The molecule has 3 aromatic carbocycles. The van der Waals surface area contributed by atoms with E-state index in [4.69, 9.17) is 4.98 Å². The van der Waals surface area contributed by atoms with Crippen molar-refractivity contribution in [2.24, 2.45) is 0 Å². The summed E-state index contributed by atoms with van der Waals surface area (Å²) in [5.74, 6) is -1.75. The molecule has 5 heteroatoms. The number of rotatable bonds is 2. The summed E-state index contributed by atoms with van der Waals surface area (Å²) in [5.41, 5.74) is 4.92. The first-order valence-electron chi connectivity index (χ1n) is 10.2. The molecule has 1 N–H and O–H groups in total. The normalized spacial score (nSPS) is 15.3. The second kappa shape index (κ2) is 7.27. The predicted molar refractivity (Wildman–Crippen MR) is 116 cm³/mol. The van der Waals surface area contributed by atoms with Crippen LogP contribution in [0.3, 0.4) is 0 Å². The lowest BCUT2D eigenvalue weighted by Gasteiger charge is -2.16. The number of pyridine rings is 1. The van der Waals surface area contributed by atoms with Gasteiger partial charge in [0.05, 0.1) is 16.8 Å². The summed E-state index contributed by atoms with van der Waals surface area (Å²) in [4.78, 5) is 16.9. The summed E-state index contributed by atoms with van der Waals surface area (Å²) in [7, 11) is 0. The van der Waals surface area contributed by atoms with E-state index in [2.05, 4.69) is 6.92 Å². The molecule has 3 nitrogen and oxygen atoms in total. The number of aromatic nitrogens is 1. The van der Waals surface area contributed by atoms with Crippen molar-refractivity contribution in [2.45, 2.75) is 25.7 Å². The van der Waals surface area contributed by atoms with Crippen molar-refractivity contribution >= 4 is 16.9 Å². The smallest absolute Gasteiger partial charge is 0.336 e. The molecule has 1 aliphatic rings. The van der Waals surface area contributed by atoms with Crippen LogP contribution in [0.2, 0.25) is 0 Å². The van der Waals surface area contributed by atoms with E-state index >= 15 is 0 Å². The van der Waals surface area contributed by atoms with Gasteiger partial charge in [-0.3, -0.25) is 0 Å². The number of halogens is 2. The Morgan fingerprint density at radius 3 is 2.61 bits per heavy atom. The summed E-state index contributed by atoms with van der Waals surface area (Å²) in [6.07, 6.45) is 1.23. The lowest BCUT2D eigenvalue weighted by Crippen LogP contribution is -2.07. The zero-order valence-corrected chi connectivity index (χ0v) is 16.8. The second-order valence-corrected chi connectivity index (χ2v) is 8.00. The summed E-state index contributed by atoms with van der Waals surface area (Å²) < 4.78 is 28.2. The Kier molecular flexibility index (Phi) is 4.54. The van der Waals surface area contributed by atoms with Crippen LogP contribution in [0.1, 0.15) is 40.7 Å². The lowest BCUT2D eigenvalue weighted by atomic mass is 9.90. The van der Waals surface area contributed by atoms with Crippen LogP contribution in [0.5, 0.6) is 0 Å². The number of carboxylic acid groups (broad SMARTS) is 1. The highest BCUT2D eigenvalue weighted by molar-refractivity contribution is 6.06. The Bertz CT molecular complexity index is 1360. The van der Waals surface area contributed by atoms with Gasteiger partial charge in [0.15, 0.2) is 0 Å². The minimum absolute atomic E-state index is 0.109. The second-order valence-electron chi connectivity index (χ2n) is 8.00. The quantitative estimate of drug-likeness (QED) is 0.402. The summed E-state index contributed by atoms with van der Waals surface area (Å²) in [5, 5.41) is 10.3. The third-order valence-corrected chi connectivity index (χ3v) is 6.11. The molecule has 1 atom stereocenters. The number of hydrogen-bond donors (Lipinski definition) is 1. The standard InChI is InChI=1S/C26H19F2NO2/c1-14-6-9-19-24(26(30)31)21-13-16(27)8-11-23(21)29-25(19)18-10-7-15(12-20(14)18)17-4-2-3-5-22(17)28/h2-5,7-8,10-14H,6,9H2,1H3,(H,30,31). The Hall–Kier alpha value is -3.60. The van der Waals surface area contributed by atoms with Gasteiger partial charge in [0.1, 0.15) is 11.6 Å². The summed E-state index contributed by atoms with van der Waals surface area (Å²) in [6.45, 7) is 2.08. The van der Waals surface area contributed by atoms with Gasteiger partial charge < -0.3 is 5.11 Å². The maximum absolute atomic E-state index is 14.4. The number of carbonyl (C=O) groups is 1. The molecule has 0 radical (unpaired) electrons. The van der Waals surface area contributed by atoms with Gasteiger partial charge in [0, 0.05) is 16.5 Å². The van der Waals surface area contributed by atoms with E-state index in [9.17, 15) is 18.7 Å². The van der Waals surface area contributed by atoms with Crippen LogP contribution in [-0.4, -0.2) is 16.1 Å². The molecule has 4 aromatic rings. The molecule has 1 aromatic heterocycles. The maximum Gasteiger partial charge on any atom is 0.336 e. The third-order valence-electron chi connectivity index (χ3n) is 6.11. The van der Waals surface area contributed by atoms with E-state index < -0.39 is 11.8 Å². The van der Waals surface area contributed by atoms with Crippen molar-refractivity contribution in [3.8, 4) is 22.4 Å². The Balaban J connectivity index is 1.79. The molecule has 0 spiro atoms. The topological polar surface area (TPSA) is 50.2 Å². The van der Waals surface area contributed by atoms with Gasteiger partial charge in [0.25, 0.3) is 0 Å². The largest absolute Gasteiger partial charge is 0.478 e. The van der Waals surface area contributed by atoms with Gasteiger partial charge in [0.2, 0.25) is 0 Å². The zero-order valence-electron chi connectivity index (χ0n) is 16.8. The monoisotopic (exact) mass is 415 g/mol. The van der Waals surface area contributed by atoms with Crippen LogP contribution in [0.25, 0.3) is 33.3 Å². The molecular formula is C26H19F2NO2. The fourth-order valence-corrected chi connectivity index (χ4v) is 4.55. The Labute approximate surface area is 178 Å². The van der Waals surface area contributed by atoms with Crippen molar-refractivity contribution in [1.82, 2.24) is 4.98 Å².